The van der Waals surface area contributed by atoms with Crippen LogP contribution in [0.3, 0.4) is 0 Å². The molecular weight excluding hydrogens is 320 g/mol. The van der Waals surface area contributed by atoms with E-state index in [-0.39, 0.29) is 17.9 Å². The summed E-state index contributed by atoms with van der Waals surface area (Å²) in [5.74, 6) is -0.00537. The van der Waals surface area contributed by atoms with Crippen LogP contribution in [0, 0.1) is 0 Å². The van der Waals surface area contributed by atoms with Crippen molar-refractivity contribution < 1.29 is 9.59 Å². The van der Waals surface area contributed by atoms with Crippen LogP contribution in [0.15, 0.2) is 53.9 Å². The van der Waals surface area contributed by atoms with E-state index in [9.17, 15) is 9.59 Å². The predicted molar refractivity (Wildman–Crippen MR) is 96.9 cm³/mol. The first-order valence-electron chi connectivity index (χ1n) is 8.09. The third-order valence-electron chi connectivity index (χ3n) is 4.11. The Morgan fingerprint density at radius 1 is 1.08 bits per heavy atom. The molecule has 1 aromatic carbocycles. The van der Waals surface area contributed by atoms with Gasteiger partial charge in [-0.3, -0.25) is 9.59 Å². The molecule has 2 aromatic rings. The summed E-state index contributed by atoms with van der Waals surface area (Å²) in [6, 6.07) is 13.3. The summed E-state index contributed by atoms with van der Waals surface area (Å²) in [4.78, 5) is 27.3. The lowest BCUT2D eigenvalue weighted by atomic mass is 10.0. The Bertz CT molecular complexity index is 702. The number of likely N-dealkylation sites (tertiary alicyclic amines) is 1. The zero-order valence-electron chi connectivity index (χ0n) is 13.4. The van der Waals surface area contributed by atoms with Crippen molar-refractivity contribution in [2.24, 2.45) is 0 Å². The van der Waals surface area contributed by atoms with Gasteiger partial charge in [0.15, 0.2) is 0 Å². The highest BCUT2D eigenvalue weighted by atomic mass is 32.1. The summed E-state index contributed by atoms with van der Waals surface area (Å²) >= 11 is 1.61. The van der Waals surface area contributed by atoms with Gasteiger partial charge < -0.3 is 10.2 Å². The second-order valence-electron chi connectivity index (χ2n) is 5.79. The number of hydrogen-bond acceptors (Lipinski definition) is 3. The van der Waals surface area contributed by atoms with Crippen molar-refractivity contribution in [3.05, 3.63) is 64.4 Å². The lowest BCUT2D eigenvalue weighted by molar-refractivity contribution is -0.126. The Hall–Kier alpha value is -2.40. The standard InChI is InChI=1S/C19H20N2O2S/c22-18(9-8-17-7-4-14-24-17)21-12-10-16(11-13-21)20-19(23)15-5-2-1-3-6-15/h1-9,14,16H,10-13H2,(H,20,23)/b9-8+. The van der Waals surface area contributed by atoms with Crippen LogP contribution < -0.4 is 5.32 Å². The number of thiophene rings is 1. The van der Waals surface area contributed by atoms with Crippen molar-refractivity contribution in [3.8, 4) is 0 Å². The van der Waals surface area contributed by atoms with Crippen molar-refractivity contribution >= 4 is 29.2 Å². The number of nitrogens with zero attached hydrogens (tertiary/aromatic N) is 1. The molecule has 1 aromatic heterocycles. The molecule has 3 rings (SSSR count). The van der Waals surface area contributed by atoms with E-state index in [1.807, 2.05) is 58.8 Å². The molecule has 1 aliphatic rings. The molecule has 24 heavy (non-hydrogen) atoms. The fourth-order valence-electron chi connectivity index (χ4n) is 2.75. The molecule has 124 valence electrons. The van der Waals surface area contributed by atoms with E-state index < -0.39 is 0 Å². The van der Waals surface area contributed by atoms with Gasteiger partial charge in [-0.2, -0.15) is 0 Å². The Kier molecular flexibility index (Phi) is 5.43. The van der Waals surface area contributed by atoms with Gasteiger partial charge in [-0.25, -0.2) is 0 Å². The third kappa shape index (κ3) is 4.32. The monoisotopic (exact) mass is 340 g/mol. The lowest BCUT2D eigenvalue weighted by Gasteiger charge is -2.31. The highest BCUT2D eigenvalue weighted by molar-refractivity contribution is 7.10. The maximum absolute atomic E-state index is 12.2. The molecule has 0 atom stereocenters. The molecule has 0 bridgehead atoms. The number of amides is 2. The second-order valence-corrected chi connectivity index (χ2v) is 6.77. The van der Waals surface area contributed by atoms with Gasteiger partial charge in [-0.15, -0.1) is 11.3 Å². The van der Waals surface area contributed by atoms with Gasteiger partial charge in [-0.05, 0) is 42.5 Å². The molecule has 0 unspecified atom stereocenters. The third-order valence-corrected chi connectivity index (χ3v) is 4.95. The van der Waals surface area contributed by atoms with E-state index in [0.29, 0.717) is 18.7 Å². The first-order chi connectivity index (χ1) is 11.7. The van der Waals surface area contributed by atoms with E-state index in [1.54, 1.807) is 17.4 Å². The minimum atomic E-state index is -0.0435. The number of hydrogen-bond donors (Lipinski definition) is 1. The van der Waals surface area contributed by atoms with Crippen LogP contribution in [0.25, 0.3) is 6.08 Å². The van der Waals surface area contributed by atoms with E-state index in [0.717, 1.165) is 17.7 Å². The van der Waals surface area contributed by atoms with E-state index in [1.165, 1.54) is 0 Å². The maximum Gasteiger partial charge on any atom is 0.251 e. The fourth-order valence-corrected chi connectivity index (χ4v) is 3.37. The van der Waals surface area contributed by atoms with E-state index in [2.05, 4.69) is 5.32 Å². The smallest absolute Gasteiger partial charge is 0.251 e. The molecule has 0 aliphatic carbocycles. The molecule has 0 radical (unpaired) electrons. The lowest BCUT2D eigenvalue weighted by Crippen LogP contribution is -2.46. The number of carbonyl (C=O) groups is 2. The molecule has 4 nitrogen and oxygen atoms in total. The van der Waals surface area contributed by atoms with Gasteiger partial charge in [-0.1, -0.05) is 24.3 Å². The van der Waals surface area contributed by atoms with Crippen molar-refractivity contribution in [2.45, 2.75) is 18.9 Å². The first-order valence-corrected chi connectivity index (χ1v) is 8.97. The van der Waals surface area contributed by atoms with Crippen LogP contribution in [0.5, 0.6) is 0 Å². The van der Waals surface area contributed by atoms with Crippen LogP contribution in [-0.4, -0.2) is 35.8 Å². The van der Waals surface area contributed by atoms with Crippen molar-refractivity contribution in [3.63, 3.8) is 0 Å². The Balaban J connectivity index is 1.47. The number of piperidine rings is 1. The number of nitrogens with one attached hydrogen (secondary N) is 1. The van der Waals surface area contributed by atoms with Gasteiger partial charge in [0.05, 0.1) is 0 Å². The maximum atomic E-state index is 12.2. The molecule has 2 amide bonds. The molecule has 1 aliphatic heterocycles. The SMILES string of the molecule is O=C(NC1CCN(C(=O)/C=C/c2cccs2)CC1)c1ccccc1. The number of rotatable bonds is 4. The molecule has 0 saturated carbocycles. The molecule has 5 heteroatoms. The van der Waals surface area contributed by atoms with Gasteiger partial charge in [0, 0.05) is 35.6 Å². The minimum Gasteiger partial charge on any atom is -0.349 e. The summed E-state index contributed by atoms with van der Waals surface area (Å²) in [5.41, 5.74) is 0.676. The topological polar surface area (TPSA) is 49.4 Å². The predicted octanol–water partition coefficient (Wildman–Crippen LogP) is 3.18. The van der Waals surface area contributed by atoms with Gasteiger partial charge >= 0.3 is 0 Å². The highest BCUT2D eigenvalue weighted by Crippen LogP contribution is 2.14. The van der Waals surface area contributed by atoms with Crippen molar-refractivity contribution in [1.29, 1.82) is 0 Å². The van der Waals surface area contributed by atoms with Crippen LogP contribution in [0.2, 0.25) is 0 Å². The zero-order valence-corrected chi connectivity index (χ0v) is 14.2. The Morgan fingerprint density at radius 3 is 2.50 bits per heavy atom. The van der Waals surface area contributed by atoms with Crippen molar-refractivity contribution in [1.82, 2.24) is 10.2 Å². The molecule has 1 N–H and O–H groups in total. The minimum absolute atomic E-state index is 0.0382. The highest BCUT2D eigenvalue weighted by Gasteiger charge is 2.23. The van der Waals surface area contributed by atoms with Crippen LogP contribution in [0.1, 0.15) is 28.1 Å². The molecule has 1 saturated heterocycles. The normalized spacial score (nSPS) is 15.6. The molecule has 2 heterocycles. The first kappa shape index (κ1) is 16.5. The average Bonchev–Trinajstić information content (AvgIpc) is 3.14. The fraction of sp³-hybridized carbons (Fsp3) is 0.263. The summed E-state index contributed by atoms with van der Waals surface area (Å²) in [5, 5.41) is 5.05. The summed E-state index contributed by atoms with van der Waals surface area (Å²) in [6.45, 7) is 1.35. The van der Waals surface area contributed by atoms with Gasteiger partial charge in [0.1, 0.15) is 0 Å². The summed E-state index contributed by atoms with van der Waals surface area (Å²) < 4.78 is 0. The second kappa shape index (κ2) is 7.93. The van der Waals surface area contributed by atoms with Crippen LogP contribution >= 0.6 is 11.3 Å². The molecule has 0 spiro atoms. The quantitative estimate of drug-likeness (QED) is 0.869. The Morgan fingerprint density at radius 2 is 1.83 bits per heavy atom. The van der Waals surface area contributed by atoms with Gasteiger partial charge in [0.2, 0.25) is 5.91 Å². The van der Waals surface area contributed by atoms with E-state index >= 15 is 0 Å². The summed E-state index contributed by atoms with van der Waals surface area (Å²) in [7, 11) is 0. The van der Waals surface area contributed by atoms with Gasteiger partial charge in [0.25, 0.3) is 5.91 Å². The molecule has 1 fully saturated rings. The number of carbonyl (C=O) groups excluding carboxylic acids is 2. The molecular formula is C19H20N2O2S. The largest absolute Gasteiger partial charge is 0.349 e. The van der Waals surface area contributed by atoms with Crippen LogP contribution in [-0.2, 0) is 4.79 Å². The van der Waals surface area contributed by atoms with Crippen molar-refractivity contribution in [2.75, 3.05) is 13.1 Å². The summed E-state index contributed by atoms with van der Waals surface area (Å²) in [6.07, 6.45) is 5.07. The number of benzene rings is 1. The zero-order chi connectivity index (χ0) is 16.8. The van der Waals surface area contributed by atoms with Crippen LogP contribution in [0.4, 0.5) is 0 Å². The average molecular weight is 340 g/mol. The van der Waals surface area contributed by atoms with E-state index in [4.69, 9.17) is 0 Å². The Labute approximate surface area is 145 Å².